The number of anilines is 2. The normalized spacial score (nSPS) is 10.3. The van der Waals surface area contributed by atoms with Crippen LogP contribution in [-0.4, -0.2) is 11.9 Å². The van der Waals surface area contributed by atoms with E-state index in [9.17, 15) is 9.59 Å². The number of carbonyl (C=O) groups is 2. The van der Waals surface area contributed by atoms with Crippen LogP contribution in [0.25, 0.3) is 0 Å². The van der Waals surface area contributed by atoms with E-state index < -0.39 is 5.97 Å². The maximum Gasteiger partial charge on any atom is 0.338 e. The van der Waals surface area contributed by atoms with Crippen LogP contribution >= 0.6 is 11.6 Å². The Morgan fingerprint density at radius 1 is 0.926 bits per heavy atom. The molecule has 0 aromatic heterocycles. The number of esters is 1. The Kier molecular flexibility index (Phi) is 5.74. The predicted octanol–water partition coefficient (Wildman–Crippen LogP) is 4.53. The minimum atomic E-state index is -0.496. The summed E-state index contributed by atoms with van der Waals surface area (Å²) in [4.78, 5) is 24.3. The first-order valence-corrected chi connectivity index (χ1v) is 8.58. The molecule has 3 rings (SSSR count). The minimum absolute atomic E-state index is 0.0853. The second-order valence-corrected chi connectivity index (χ2v) is 6.24. The highest BCUT2D eigenvalue weighted by molar-refractivity contribution is 6.33. The van der Waals surface area contributed by atoms with Crippen LogP contribution in [0.4, 0.5) is 11.4 Å². The van der Waals surface area contributed by atoms with Gasteiger partial charge in [-0.05, 0) is 48.0 Å². The van der Waals surface area contributed by atoms with E-state index in [1.54, 1.807) is 36.4 Å². The van der Waals surface area contributed by atoms with Gasteiger partial charge in [0, 0.05) is 11.3 Å². The van der Waals surface area contributed by atoms with E-state index in [0.29, 0.717) is 21.8 Å². The molecule has 136 valence electrons. The van der Waals surface area contributed by atoms with E-state index >= 15 is 0 Å². The van der Waals surface area contributed by atoms with Gasteiger partial charge in [0.05, 0.1) is 16.3 Å². The van der Waals surface area contributed by atoms with Crippen LogP contribution in [0.5, 0.6) is 0 Å². The van der Waals surface area contributed by atoms with Crippen LogP contribution in [0.2, 0.25) is 5.02 Å². The topological polar surface area (TPSA) is 81.4 Å². The summed E-state index contributed by atoms with van der Waals surface area (Å²) < 4.78 is 5.27. The smallest absolute Gasteiger partial charge is 0.338 e. The van der Waals surface area contributed by atoms with E-state index in [2.05, 4.69) is 5.32 Å². The van der Waals surface area contributed by atoms with Crippen molar-refractivity contribution in [2.75, 3.05) is 11.1 Å². The molecule has 0 saturated heterocycles. The van der Waals surface area contributed by atoms with E-state index in [4.69, 9.17) is 22.1 Å². The van der Waals surface area contributed by atoms with Gasteiger partial charge in [-0.25, -0.2) is 4.79 Å². The molecule has 3 aromatic rings. The fourth-order valence-corrected chi connectivity index (χ4v) is 2.50. The van der Waals surface area contributed by atoms with Gasteiger partial charge in [-0.1, -0.05) is 41.9 Å². The third kappa shape index (κ3) is 4.86. The number of ether oxygens (including phenoxy) is 1. The van der Waals surface area contributed by atoms with Gasteiger partial charge >= 0.3 is 5.97 Å². The Morgan fingerprint density at radius 3 is 2.26 bits per heavy atom. The molecule has 1 amide bonds. The molecule has 0 saturated carbocycles. The average Bonchev–Trinajstić information content (AvgIpc) is 2.69. The Balaban J connectivity index is 1.58. The molecule has 5 nitrogen and oxygen atoms in total. The SMILES string of the molecule is Nc1cc(C(=O)OCc2ccc(C(=O)Nc3ccccc3)cc2)ccc1Cl. The van der Waals surface area contributed by atoms with E-state index in [-0.39, 0.29) is 12.5 Å². The van der Waals surface area contributed by atoms with Crippen LogP contribution in [0.15, 0.2) is 72.8 Å². The van der Waals surface area contributed by atoms with Crippen molar-refractivity contribution < 1.29 is 14.3 Å². The van der Waals surface area contributed by atoms with Crippen molar-refractivity contribution >= 4 is 34.9 Å². The molecule has 0 aliphatic heterocycles. The summed E-state index contributed by atoms with van der Waals surface area (Å²) in [7, 11) is 0. The number of nitrogens with two attached hydrogens (primary N) is 1. The fourth-order valence-electron chi connectivity index (χ4n) is 2.38. The van der Waals surface area contributed by atoms with Gasteiger partial charge < -0.3 is 15.8 Å². The number of benzene rings is 3. The maximum atomic E-state index is 12.2. The molecule has 0 radical (unpaired) electrons. The molecule has 3 aromatic carbocycles. The molecule has 0 spiro atoms. The molecule has 6 heteroatoms. The van der Waals surface area contributed by atoms with Crippen molar-refractivity contribution in [2.24, 2.45) is 0 Å². The standard InChI is InChI=1S/C21H17ClN2O3/c22-18-11-10-16(12-19(18)23)21(26)27-13-14-6-8-15(9-7-14)20(25)24-17-4-2-1-3-5-17/h1-12H,13,23H2,(H,24,25). The van der Waals surface area contributed by atoms with E-state index in [1.165, 1.54) is 6.07 Å². The van der Waals surface area contributed by atoms with Crippen LogP contribution in [0.3, 0.4) is 0 Å². The number of carbonyl (C=O) groups excluding carboxylic acids is 2. The van der Waals surface area contributed by atoms with Crippen LogP contribution in [0, 0.1) is 0 Å². The number of amides is 1. The lowest BCUT2D eigenvalue weighted by molar-refractivity contribution is 0.0472. The van der Waals surface area contributed by atoms with E-state index in [0.717, 1.165) is 11.3 Å². The monoisotopic (exact) mass is 380 g/mol. The van der Waals surface area contributed by atoms with Crippen molar-refractivity contribution in [1.82, 2.24) is 0 Å². The number of halogens is 1. The molecular weight excluding hydrogens is 364 g/mol. The van der Waals surface area contributed by atoms with Crippen molar-refractivity contribution in [3.8, 4) is 0 Å². The second-order valence-electron chi connectivity index (χ2n) is 5.83. The number of hydrogen-bond acceptors (Lipinski definition) is 4. The van der Waals surface area contributed by atoms with Gasteiger partial charge in [0.2, 0.25) is 0 Å². The fraction of sp³-hybridized carbons (Fsp3) is 0.0476. The zero-order chi connectivity index (χ0) is 19.2. The summed E-state index contributed by atoms with van der Waals surface area (Å²) in [6.45, 7) is 0.0853. The van der Waals surface area contributed by atoms with Gasteiger partial charge in [-0.15, -0.1) is 0 Å². The highest BCUT2D eigenvalue weighted by Gasteiger charge is 2.10. The van der Waals surface area contributed by atoms with Crippen LogP contribution in [-0.2, 0) is 11.3 Å². The number of nitrogens with one attached hydrogen (secondary N) is 1. The summed E-state index contributed by atoms with van der Waals surface area (Å²) >= 11 is 5.84. The Hall–Kier alpha value is -3.31. The third-order valence-electron chi connectivity index (χ3n) is 3.85. The molecule has 0 bridgehead atoms. The van der Waals surface area contributed by atoms with Crippen molar-refractivity contribution in [3.63, 3.8) is 0 Å². The highest BCUT2D eigenvalue weighted by Crippen LogP contribution is 2.20. The number of nitrogen functional groups attached to an aromatic ring is 1. The number of hydrogen-bond donors (Lipinski definition) is 2. The zero-order valence-electron chi connectivity index (χ0n) is 14.3. The van der Waals surface area contributed by atoms with Crippen LogP contribution in [0.1, 0.15) is 26.3 Å². The van der Waals surface area contributed by atoms with Gasteiger partial charge in [0.1, 0.15) is 6.61 Å². The lowest BCUT2D eigenvalue weighted by atomic mass is 10.1. The predicted molar refractivity (Wildman–Crippen MR) is 106 cm³/mol. The lowest BCUT2D eigenvalue weighted by Crippen LogP contribution is -2.12. The average molecular weight is 381 g/mol. The first-order chi connectivity index (χ1) is 13.0. The zero-order valence-corrected chi connectivity index (χ0v) is 15.1. The van der Waals surface area contributed by atoms with E-state index in [1.807, 2.05) is 30.3 Å². The first-order valence-electron chi connectivity index (χ1n) is 8.20. The molecule has 0 unspecified atom stereocenters. The molecule has 27 heavy (non-hydrogen) atoms. The Morgan fingerprint density at radius 2 is 1.59 bits per heavy atom. The number of rotatable bonds is 5. The first kappa shape index (κ1) is 18.5. The van der Waals surface area contributed by atoms with Crippen molar-refractivity contribution in [1.29, 1.82) is 0 Å². The van der Waals surface area contributed by atoms with Gasteiger partial charge in [0.25, 0.3) is 5.91 Å². The van der Waals surface area contributed by atoms with Crippen LogP contribution < -0.4 is 11.1 Å². The summed E-state index contributed by atoms with van der Waals surface area (Å²) in [6.07, 6.45) is 0. The summed E-state index contributed by atoms with van der Waals surface area (Å²) in [5.41, 5.74) is 8.34. The Labute approximate surface area is 161 Å². The number of para-hydroxylation sites is 1. The molecule has 0 aliphatic carbocycles. The maximum absolute atomic E-state index is 12.2. The second kappa shape index (κ2) is 8.38. The van der Waals surface area contributed by atoms with Crippen molar-refractivity contribution in [3.05, 3.63) is 94.5 Å². The van der Waals surface area contributed by atoms with Gasteiger partial charge in [-0.2, -0.15) is 0 Å². The summed E-state index contributed by atoms with van der Waals surface area (Å²) in [5.74, 6) is -0.703. The molecule has 0 heterocycles. The molecule has 0 fully saturated rings. The summed E-state index contributed by atoms with van der Waals surface area (Å²) in [5, 5.41) is 3.20. The van der Waals surface area contributed by atoms with Gasteiger partial charge in [-0.3, -0.25) is 4.79 Å². The molecule has 0 aliphatic rings. The Bertz CT molecular complexity index is 957. The lowest BCUT2D eigenvalue weighted by Gasteiger charge is -2.08. The summed E-state index contributed by atoms with van der Waals surface area (Å²) in [6, 6.07) is 20.6. The quantitative estimate of drug-likeness (QED) is 0.503. The molecule has 0 atom stereocenters. The molecular formula is C21H17ClN2O3. The largest absolute Gasteiger partial charge is 0.457 e. The third-order valence-corrected chi connectivity index (χ3v) is 4.19. The molecule has 3 N–H and O–H groups in total. The minimum Gasteiger partial charge on any atom is -0.457 e. The van der Waals surface area contributed by atoms with Crippen molar-refractivity contribution in [2.45, 2.75) is 6.61 Å². The highest BCUT2D eigenvalue weighted by atomic mass is 35.5. The van der Waals surface area contributed by atoms with Gasteiger partial charge in [0.15, 0.2) is 0 Å².